The Bertz CT molecular complexity index is 808. The molecule has 0 aliphatic rings. The number of carbonyl (C=O) groups excluding carboxylic acids is 2. The molecule has 0 spiro atoms. The zero-order chi connectivity index (χ0) is 15.4. The first kappa shape index (κ1) is 13.8. The molecule has 2 N–H and O–H groups in total. The minimum absolute atomic E-state index is 0.358. The normalized spacial score (nSPS) is 10.4. The monoisotopic (exact) mass is 294 g/mol. The van der Waals surface area contributed by atoms with Gasteiger partial charge in [-0.3, -0.25) is 25.1 Å². The fourth-order valence-corrected chi connectivity index (χ4v) is 2.25. The SMILES string of the molecule is O=CNNC(=O)c1ccc(Cn2ncc3ccccc32)cc1. The Kier molecular flexibility index (Phi) is 3.82. The third-order valence-corrected chi connectivity index (χ3v) is 3.34. The fourth-order valence-electron chi connectivity index (χ4n) is 2.25. The highest BCUT2D eigenvalue weighted by molar-refractivity contribution is 5.94. The number of nitrogens with one attached hydrogen (secondary N) is 2. The van der Waals surface area contributed by atoms with E-state index in [0.717, 1.165) is 16.5 Å². The van der Waals surface area contributed by atoms with Crippen LogP contribution < -0.4 is 10.9 Å². The Balaban J connectivity index is 1.76. The van der Waals surface area contributed by atoms with Crippen LogP contribution in [0.15, 0.2) is 54.7 Å². The van der Waals surface area contributed by atoms with Crippen molar-refractivity contribution in [1.29, 1.82) is 0 Å². The minimum atomic E-state index is -0.358. The summed E-state index contributed by atoms with van der Waals surface area (Å²) in [5.41, 5.74) is 6.97. The molecule has 2 amide bonds. The number of para-hydroxylation sites is 1. The van der Waals surface area contributed by atoms with Gasteiger partial charge >= 0.3 is 0 Å². The summed E-state index contributed by atoms with van der Waals surface area (Å²) in [7, 11) is 0. The number of amides is 2. The molecule has 0 fully saturated rings. The summed E-state index contributed by atoms with van der Waals surface area (Å²) >= 11 is 0. The van der Waals surface area contributed by atoms with Crippen LogP contribution >= 0.6 is 0 Å². The van der Waals surface area contributed by atoms with Gasteiger partial charge in [0.15, 0.2) is 0 Å². The predicted molar refractivity (Wildman–Crippen MR) is 81.9 cm³/mol. The zero-order valence-corrected chi connectivity index (χ0v) is 11.7. The van der Waals surface area contributed by atoms with Crippen molar-refractivity contribution in [2.75, 3.05) is 0 Å². The Morgan fingerprint density at radius 2 is 1.91 bits per heavy atom. The van der Waals surface area contributed by atoms with Crippen molar-refractivity contribution in [2.45, 2.75) is 6.54 Å². The van der Waals surface area contributed by atoms with Gasteiger partial charge in [0.25, 0.3) is 5.91 Å². The van der Waals surface area contributed by atoms with E-state index in [-0.39, 0.29) is 5.91 Å². The number of hydrogen-bond donors (Lipinski definition) is 2. The van der Waals surface area contributed by atoms with E-state index in [1.807, 2.05) is 47.3 Å². The lowest BCUT2D eigenvalue weighted by Crippen LogP contribution is -2.36. The number of aromatic nitrogens is 2. The van der Waals surface area contributed by atoms with Crippen LogP contribution in [0.5, 0.6) is 0 Å². The molecule has 0 saturated heterocycles. The molecule has 6 heteroatoms. The molecule has 22 heavy (non-hydrogen) atoms. The predicted octanol–water partition coefficient (Wildman–Crippen LogP) is 1.48. The summed E-state index contributed by atoms with van der Waals surface area (Å²) in [6, 6.07) is 15.2. The average molecular weight is 294 g/mol. The highest BCUT2D eigenvalue weighted by atomic mass is 16.2. The van der Waals surface area contributed by atoms with Crippen LogP contribution in [0.2, 0.25) is 0 Å². The maximum Gasteiger partial charge on any atom is 0.269 e. The van der Waals surface area contributed by atoms with E-state index in [1.165, 1.54) is 0 Å². The number of nitrogens with zero attached hydrogens (tertiary/aromatic N) is 2. The van der Waals surface area contributed by atoms with E-state index in [4.69, 9.17) is 0 Å². The van der Waals surface area contributed by atoms with Crippen LogP contribution in [-0.2, 0) is 11.3 Å². The Labute approximate surface area is 126 Å². The van der Waals surface area contributed by atoms with E-state index in [2.05, 4.69) is 16.0 Å². The van der Waals surface area contributed by atoms with Crippen LogP contribution in [0, 0.1) is 0 Å². The van der Waals surface area contributed by atoms with E-state index >= 15 is 0 Å². The van der Waals surface area contributed by atoms with E-state index in [1.54, 1.807) is 12.1 Å². The maximum absolute atomic E-state index is 11.7. The van der Waals surface area contributed by atoms with Gasteiger partial charge in [-0.25, -0.2) is 0 Å². The average Bonchev–Trinajstić information content (AvgIpc) is 2.96. The highest BCUT2D eigenvalue weighted by Gasteiger charge is 2.06. The summed E-state index contributed by atoms with van der Waals surface area (Å²) in [5.74, 6) is -0.358. The fraction of sp³-hybridized carbons (Fsp3) is 0.0625. The van der Waals surface area contributed by atoms with E-state index < -0.39 is 0 Å². The van der Waals surface area contributed by atoms with E-state index in [9.17, 15) is 9.59 Å². The number of hydrazine groups is 1. The van der Waals surface area contributed by atoms with Crippen LogP contribution in [0.25, 0.3) is 10.9 Å². The lowest BCUT2D eigenvalue weighted by atomic mass is 10.1. The molecule has 1 heterocycles. The van der Waals surface area contributed by atoms with Gasteiger partial charge in [-0.2, -0.15) is 5.10 Å². The first-order chi connectivity index (χ1) is 10.8. The number of fused-ring (bicyclic) bond motifs is 1. The Morgan fingerprint density at radius 3 is 2.68 bits per heavy atom. The molecule has 0 saturated carbocycles. The van der Waals surface area contributed by atoms with Crippen molar-refractivity contribution in [3.05, 3.63) is 65.9 Å². The van der Waals surface area contributed by atoms with E-state index in [0.29, 0.717) is 18.5 Å². The zero-order valence-electron chi connectivity index (χ0n) is 11.7. The quantitative estimate of drug-likeness (QED) is 0.553. The lowest BCUT2D eigenvalue weighted by molar-refractivity contribution is -0.110. The number of benzene rings is 2. The molecule has 0 aliphatic carbocycles. The van der Waals surface area contributed by atoms with Gasteiger partial charge in [0, 0.05) is 10.9 Å². The maximum atomic E-state index is 11.7. The van der Waals surface area contributed by atoms with Crippen molar-refractivity contribution in [1.82, 2.24) is 20.6 Å². The third kappa shape index (κ3) is 2.80. The van der Waals surface area contributed by atoms with Gasteiger partial charge in [0.1, 0.15) is 0 Å². The summed E-state index contributed by atoms with van der Waals surface area (Å²) in [5, 5.41) is 5.47. The molecule has 0 atom stereocenters. The Morgan fingerprint density at radius 1 is 1.14 bits per heavy atom. The van der Waals surface area contributed by atoms with Gasteiger partial charge < -0.3 is 0 Å². The molecule has 0 unspecified atom stereocenters. The molecule has 0 radical (unpaired) electrons. The molecule has 3 aromatic rings. The second-order valence-corrected chi connectivity index (χ2v) is 4.77. The number of hydrogen-bond acceptors (Lipinski definition) is 3. The molecule has 3 rings (SSSR count). The highest BCUT2D eigenvalue weighted by Crippen LogP contribution is 2.14. The molecule has 6 nitrogen and oxygen atoms in total. The van der Waals surface area contributed by atoms with Crippen LogP contribution in [-0.4, -0.2) is 22.1 Å². The molecule has 0 bridgehead atoms. The van der Waals surface area contributed by atoms with Crippen molar-refractivity contribution in [3.8, 4) is 0 Å². The van der Waals surface area contributed by atoms with Crippen molar-refractivity contribution in [2.24, 2.45) is 0 Å². The first-order valence-electron chi connectivity index (χ1n) is 6.77. The number of rotatable bonds is 5. The van der Waals surface area contributed by atoms with Crippen molar-refractivity contribution >= 4 is 23.2 Å². The van der Waals surface area contributed by atoms with Gasteiger partial charge in [0.05, 0.1) is 18.3 Å². The second-order valence-electron chi connectivity index (χ2n) is 4.77. The van der Waals surface area contributed by atoms with Gasteiger partial charge in [-0.05, 0) is 23.8 Å². The van der Waals surface area contributed by atoms with Gasteiger partial charge in [-0.1, -0.05) is 30.3 Å². The van der Waals surface area contributed by atoms with Crippen molar-refractivity contribution in [3.63, 3.8) is 0 Å². The van der Waals surface area contributed by atoms with Crippen LogP contribution in [0.3, 0.4) is 0 Å². The summed E-state index contributed by atoms with van der Waals surface area (Å²) in [6.07, 6.45) is 2.25. The summed E-state index contributed by atoms with van der Waals surface area (Å²) in [6.45, 7) is 0.627. The smallest absolute Gasteiger partial charge is 0.269 e. The minimum Gasteiger partial charge on any atom is -0.277 e. The van der Waals surface area contributed by atoms with Crippen molar-refractivity contribution < 1.29 is 9.59 Å². The lowest BCUT2D eigenvalue weighted by Gasteiger charge is -2.06. The largest absolute Gasteiger partial charge is 0.277 e. The molecule has 110 valence electrons. The molecular formula is C16H14N4O2. The molecule has 1 aromatic heterocycles. The third-order valence-electron chi connectivity index (χ3n) is 3.34. The summed E-state index contributed by atoms with van der Waals surface area (Å²) < 4.78 is 1.92. The first-order valence-corrected chi connectivity index (χ1v) is 6.77. The molecule has 0 aliphatic heterocycles. The second kappa shape index (κ2) is 6.09. The van der Waals surface area contributed by atoms with Gasteiger partial charge in [0.2, 0.25) is 6.41 Å². The van der Waals surface area contributed by atoms with Crippen LogP contribution in [0.4, 0.5) is 0 Å². The molecular weight excluding hydrogens is 280 g/mol. The standard InChI is InChI=1S/C16H14N4O2/c21-11-17-19-16(22)13-7-5-12(6-8-13)10-20-15-4-2-1-3-14(15)9-18-20/h1-9,11H,10H2,(H,17,21)(H,19,22). The van der Waals surface area contributed by atoms with Gasteiger partial charge in [-0.15, -0.1) is 0 Å². The topological polar surface area (TPSA) is 76.0 Å². The number of carbonyl (C=O) groups is 2. The summed E-state index contributed by atoms with van der Waals surface area (Å²) in [4.78, 5) is 21.8. The van der Waals surface area contributed by atoms with Crippen LogP contribution in [0.1, 0.15) is 15.9 Å². The molecule has 2 aromatic carbocycles. The Hall–Kier alpha value is -3.15.